The lowest BCUT2D eigenvalue weighted by molar-refractivity contribution is 0.0951. The Morgan fingerprint density at radius 1 is 1.09 bits per heavy atom. The number of benzene rings is 1. The monoisotopic (exact) mass is 449 g/mol. The number of carbonyl (C=O) groups is 1. The molecular formula is C24H31N7O2. The minimum absolute atomic E-state index is 0.233. The van der Waals surface area contributed by atoms with Crippen molar-refractivity contribution in [2.75, 3.05) is 23.7 Å². The van der Waals surface area contributed by atoms with Crippen LogP contribution in [0.3, 0.4) is 0 Å². The largest absolute Gasteiger partial charge is 0.393 e. The number of rotatable bonds is 4. The fourth-order valence-corrected chi connectivity index (χ4v) is 3.81. The van der Waals surface area contributed by atoms with Gasteiger partial charge in [0, 0.05) is 43.9 Å². The van der Waals surface area contributed by atoms with Gasteiger partial charge in [-0.05, 0) is 43.4 Å². The lowest BCUT2D eigenvalue weighted by Crippen LogP contribution is -2.25. The van der Waals surface area contributed by atoms with E-state index in [2.05, 4.69) is 30.9 Å². The molecule has 2 bridgehead atoms. The smallest absolute Gasteiger partial charge is 0.256 e. The van der Waals surface area contributed by atoms with Gasteiger partial charge in [0.25, 0.3) is 5.91 Å². The third-order valence-electron chi connectivity index (χ3n) is 5.73. The van der Waals surface area contributed by atoms with Crippen LogP contribution < -0.4 is 16.0 Å². The van der Waals surface area contributed by atoms with E-state index in [4.69, 9.17) is 0 Å². The van der Waals surface area contributed by atoms with Crippen molar-refractivity contribution < 1.29 is 9.90 Å². The van der Waals surface area contributed by atoms with Gasteiger partial charge in [0.05, 0.1) is 12.4 Å². The fraction of sp³-hybridized carbons (Fsp3) is 0.417. The van der Waals surface area contributed by atoms with Crippen molar-refractivity contribution in [3.63, 3.8) is 0 Å². The van der Waals surface area contributed by atoms with Crippen LogP contribution >= 0.6 is 0 Å². The molecule has 1 aromatic carbocycles. The predicted octanol–water partition coefficient (Wildman–Crippen LogP) is 3.13. The highest BCUT2D eigenvalue weighted by Gasteiger charge is 2.15. The Balaban J connectivity index is 1.40. The summed E-state index contributed by atoms with van der Waals surface area (Å²) in [5.41, 5.74) is 2.41. The molecule has 1 atom stereocenters. The van der Waals surface area contributed by atoms with E-state index >= 15 is 0 Å². The Kier molecular flexibility index (Phi) is 7.86. The molecule has 0 spiro atoms. The number of hydrogen-bond donors (Lipinski definition) is 4. The molecule has 0 aliphatic carbocycles. The van der Waals surface area contributed by atoms with E-state index in [0.717, 1.165) is 56.3 Å². The molecule has 0 radical (unpaired) electrons. The molecule has 9 heteroatoms. The molecule has 3 heterocycles. The summed E-state index contributed by atoms with van der Waals surface area (Å²) >= 11 is 0. The Labute approximate surface area is 193 Å². The minimum atomic E-state index is -0.272. The Hall–Kier alpha value is -3.46. The normalized spacial score (nSPS) is 17.3. The summed E-state index contributed by atoms with van der Waals surface area (Å²) in [5, 5.41) is 19.6. The van der Waals surface area contributed by atoms with E-state index in [1.54, 1.807) is 18.7 Å². The number of imidazole rings is 1. The number of amides is 1. The molecule has 9 nitrogen and oxygen atoms in total. The Bertz CT molecular complexity index is 1020. The quantitative estimate of drug-likeness (QED) is 0.483. The molecule has 1 amide bonds. The van der Waals surface area contributed by atoms with Crippen LogP contribution in [0.4, 0.5) is 11.8 Å². The van der Waals surface area contributed by atoms with Gasteiger partial charge >= 0.3 is 0 Å². The van der Waals surface area contributed by atoms with Crippen LogP contribution in [0.5, 0.6) is 0 Å². The third kappa shape index (κ3) is 6.52. The molecule has 1 aliphatic heterocycles. The summed E-state index contributed by atoms with van der Waals surface area (Å²) in [4.78, 5) is 25.8. The van der Waals surface area contributed by atoms with Gasteiger partial charge < -0.3 is 25.6 Å². The SMILES string of the molecule is O=C(NCc1ccc(-n2ccnc2)cc1)c1cnc2nc1NCCCC(O)CCCCCN2. The highest BCUT2D eigenvalue weighted by Crippen LogP contribution is 2.17. The van der Waals surface area contributed by atoms with E-state index in [1.165, 1.54) is 0 Å². The van der Waals surface area contributed by atoms with Crippen molar-refractivity contribution >= 4 is 17.7 Å². The number of nitrogens with one attached hydrogen (secondary N) is 3. The van der Waals surface area contributed by atoms with Gasteiger partial charge in [0.15, 0.2) is 0 Å². The number of aliphatic hydroxyl groups is 1. The molecule has 4 N–H and O–H groups in total. The zero-order valence-corrected chi connectivity index (χ0v) is 18.7. The summed E-state index contributed by atoms with van der Waals surface area (Å²) in [6.07, 6.45) is 12.1. The molecule has 1 unspecified atom stereocenters. The van der Waals surface area contributed by atoms with Gasteiger partial charge in [-0.25, -0.2) is 9.97 Å². The van der Waals surface area contributed by atoms with E-state index in [1.807, 2.05) is 35.0 Å². The predicted molar refractivity (Wildman–Crippen MR) is 127 cm³/mol. The highest BCUT2D eigenvalue weighted by atomic mass is 16.3. The van der Waals surface area contributed by atoms with Gasteiger partial charge in [-0.2, -0.15) is 4.98 Å². The minimum Gasteiger partial charge on any atom is -0.393 e. The summed E-state index contributed by atoms with van der Waals surface area (Å²) in [6, 6.07) is 7.94. The maximum atomic E-state index is 12.9. The number of aromatic nitrogens is 4. The first-order chi connectivity index (χ1) is 16.2. The zero-order chi connectivity index (χ0) is 22.9. The second-order valence-electron chi connectivity index (χ2n) is 8.27. The average molecular weight is 450 g/mol. The molecule has 4 rings (SSSR count). The number of fused-ring (bicyclic) bond motifs is 2. The molecule has 0 fully saturated rings. The molecule has 0 saturated heterocycles. The van der Waals surface area contributed by atoms with Crippen molar-refractivity contribution in [2.24, 2.45) is 0 Å². The highest BCUT2D eigenvalue weighted by molar-refractivity contribution is 5.98. The van der Waals surface area contributed by atoms with Crippen LogP contribution in [0.1, 0.15) is 54.4 Å². The van der Waals surface area contributed by atoms with E-state index in [0.29, 0.717) is 30.4 Å². The van der Waals surface area contributed by atoms with Gasteiger partial charge in [-0.1, -0.05) is 25.0 Å². The van der Waals surface area contributed by atoms with Crippen LogP contribution in [-0.2, 0) is 6.54 Å². The van der Waals surface area contributed by atoms with Crippen LogP contribution in [0.25, 0.3) is 5.69 Å². The molecule has 0 saturated carbocycles. The van der Waals surface area contributed by atoms with Crippen LogP contribution in [-0.4, -0.2) is 49.7 Å². The first-order valence-corrected chi connectivity index (χ1v) is 11.6. The number of aliphatic hydroxyl groups excluding tert-OH is 1. The maximum Gasteiger partial charge on any atom is 0.256 e. The maximum absolute atomic E-state index is 12.9. The fourth-order valence-electron chi connectivity index (χ4n) is 3.81. The lowest BCUT2D eigenvalue weighted by atomic mass is 10.1. The van der Waals surface area contributed by atoms with E-state index in [9.17, 15) is 9.90 Å². The Morgan fingerprint density at radius 2 is 1.91 bits per heavy atom. The van der Waals surface area contributed by atoms with Gasteiger partial charge in [0.2, 0.25) is 5.95 Å². The molecule has 174 valence electrons. The van der Waals surface area contributed by atoms with Gasteiger partial charge in [0.1, 0.15) is 11.4 Å². The topological polar surface area (TPSA) is 117 Å². The van der Waals surface area contributed by atoms with Crippen molar-refractivity contribution in [1.82, 2.24) is 24.8 Å². The van der Waals surface area contributed by atoms with Crippen molar-refractivity contribution in [3.05, 3.63) is 60.3 Å². The molecule has 33 heavy (non-hydrogen) atoms. The third-order valence-corrected chi connectivity index (χ3v) is 5.73. The van der Waals surface area contributed by atoms with Crippen LogP contribution in [0, 0.1) is 0 Å². The zero-order valence-electron chi connectivity index (χ0n) is 18.7. The molecular weight excluding hydrogens is 418 g/mol. The second-order valence-corrected chi connectivity index (χ2v) is 8.27. The van der Waals surface area contributed by atoms with Gasteiger partial charge in [-0.15, -0.1) is 0 Å². The molecule has 3 aromatic rings. The van der Waals surface area contributed by atoms with E-state index < -0.39 is 0 Å². The lowest BCUT2D eigenvalue weighted by Gasteiger charge is -2.15. The number of hydrogen-bond acceptors (Lipinski definition) is 7. The van der Waals surface area contributed by atoms with Crippen LogP contribution in [0.2, 0.25) is 0 Å². The summed E-state index contributed by atoms with van der Waals surface area (Å²) < 4.78 is 1.93. The van der Waals surface area contributed by atoms with Crippen molar-refractivity contribution in [1.29, 1.82) is 0 Å². The molecule has 2 aromatic heterocycles. The number of carbonyl (C=O) groups excluding carboxylic acids is 1. The Morgan fingerprint density at radius 3 is 2.73 bits per heavy atom. The average Bonchev–Trinajstić information content (AvgIpc) is 3.37. The number of anilines is 2. The van der Waals surface area contributed by atoms with Crippen LogP contribution in [0.15, 0.2) is 49.2 Å². The van der Waals surface area contributed by atoms with E-state index in [-0.39, 0.29) is 12.0 Å². The molecule has 1 aliphatic rings. The summed E-state index contributed by atoms with van der Waals surface area (Å²) in [5.74, 6) is 0.789. The number of nitrogens with zero attached hydrogens (tertiary/aromatic N) is 4. The first kappa shape index (κ1) is 22.7. The summed E-state index contributed by atoms with van der Waals surface area (Å²) in [6.45, 7) is 1.79. The van der Waals surface area contributed by atoms with Gasteiger partial charge in [-0.3, -0.25) is 4.79 Å². The summed E-state index contributed by atoms with van der Waals surface area (Å²) in [7, 11) is 0. The van der Waals surface area contributed by atoms with Crippen molar-refractivity contribution in [3.8, 4) is 5.69 Å². The van der Waals surface area contributed by atoms with Crippen molar-refractivity contribution in [2.45, 2.75) is 51.2 Å². The first-order valence-electron chi connectivity index (χ1n) is 11.6. The second kappa shape index (κ2) is 11.4. The standard InChI is InChI=1S/C24H31N7O2/c32-20-5-2-1-3-11-27-24-29-16-21(22(30-24)26-12-4-6-20)23(33)28-15-18-7-9-19(10-8-18)31-14-13-25-17-31/h7-10,13-14,16-17,20,32H,1-6,11-12,15H2,(H,28,33)(H2,26,27,29,30).